The Morgan fingerprint density at radius 2 is 2.57 bits per heavy atom. The lowest BCUT2D eigenvalue weighted by atomic mass is 10.8. The number of hydrogen-bond acceptors (Lipinski definition) is 3. The number of nitriles is 1. The summed E-state index contributed by atoms with van der Waals surface area (Å²) in [5.41, 5.74) is 2.35. The Labute approximate surface area is 46.6 Å². The summed E-state index contributed by atoms with van der Waals surface area (Å²) >= 11 is 5.09. The average Bonchev–Trinajstić information content (AvgIpc) is 1.68. The molecule has 0 aromatic carbocycles. The molecule has 0 amide bonds. The van der Waals surface area contributed by atoms with Crippen LogP contribution in [-0.2, 0) is 0 Å². The molecule has 0 radical (unpaired) electrons. The van der Waals surface area contributed by atoms with Crippen LogP contribution in [0.2, 0.25) is 0 Å². The van der Waals surface area contributed by atoms with Gasteiger partial charge in [-0.05, 0) is 11.6 Å². The zero-order valence-corrected chi connectivity index (χ0v) is 4.53. The molecule has 0 unspecified atom stereocenters. The van der Waals surface area contributed by atoms with Gasteiger partial charge in [-0.2, -0.15) is 10.4 Å². The van der Waals surface area contributed by atoms with E-state index >= 15 is 0 Å². The first-order valence-electron chi connectivity index (χ1n) is 1.61. The van der Waals surface area contributed by atoms with Crippen molar-refractivity contribution in [3.63, 3.8) is 0 Å². The zero-order valence-electron chi connectivity index (χ0n) is 3.77. The van der Waals surface area contributed by atoms with E-state index in [9.17, 15) is 0 Å². The van der Waals surface area contributed by atoms with Gasteiger partial charge in [0.25, 0.3) is 0 Å². The standard InChI is InChI=1S/C3H4ClN3/c1-6-7-3(4)2-5/h6H,1H3/b7-3-. The van der Waals surface area contributed by atoms with Crippen molar-refractivity contribution < 1.29 is 0 Å². The zero-order chi connectivity index (χ0) is 5.70. The molecule has 0 rings (SSSR count). The summed E-state index contributed by atoms with van der Waals surface area (Å²) < 4.78 is 0. The van der Waals surface area contributed by atoms with E-state index in [4.69, 9.17) is 16.9 Å². The Bertz CT molecular complexity index is 112. The number of nitrogens with zero attached hydrogens (tertiary/aromatic N) is 2. The van der Waals surface area contributed by atoms with Crippen molar-refractivity contribution in [1.29, 1.82) is 5.26 Å². The van der Waals surface area contributed by atoms with E-state index in [1.165, 1.54) is 0 Å². The number of halogens is 1. The lowest BCUT2D eigenvalue weighted by Gasteiger charge is -1.80. The van der Waals surface area contributed by atoms with Crippen molar-refractivity contribution in [2.75, 3.05) is 7.05 Å². The van der Waals surface area contributed by atoms with Crippen molar-refractivity contribution >= 4 is 16.8 Å². The van der Waals surface area contributed by atoms with Crippen LogP contribution < -0.4 is 5.43 Å². The molecule has 3 nitrogen and oxygen atoms in total. The minimum Gasteiger partial charge on any atom is -0.311 e. The molecule has 0 saturated heterocycles. The minimum atomic E-state index is -0.0810. The maximum absolute atomic E-state index is 7.91. The number of hydrogen-bond donors (Lipinski definition) is 1. The van der Waals surface area contributed by atoms with E-state index in [-0.39, 0.29) is 5.17 Å². The largest absolute Gasteiger partial charge is 0.311 e. The average molecular weight is 118 g/mol. The van der Waals surface area contributed by atoms with Crippen LogP contribution >= 0.6 is 11.6 Å². The van der Waals surface area contributed by atoms with Crippen LogP contribution in [0.3, 0.4) is 0 Å². The fourth-order valence-electron chi connectivity index (χ4n) is 0.123. The van der Waals surface area contributed by atoms with Gasteiger partial charge in [-0.25, -0.2) is 0 Å². The summed E-state index contributed by atoms with van der Waals surface area (Å²) in [6.07, 6.45) is 0. The first kappa shape index (κ1) is 6.25. The third kappa shape index (κ3) is 3.07. The highest BCUT2D eigenvalue weighted by molar-refractivity contribution is 6.69. The smallest absolute Gasteiger partial charge is 0.226 e. The van der Waals surface area contributed by atoms with E-state index in [1.54, 1.807) is 13.1 Å². The normalized spacial score (nSPS) is 10.1. The Morgan fingerprint density at radius 1 is 2.00 bits per heavy atom. The van der Waals surface area contributed by atoms with E-state index in [0.717, 1.165) is 0 Å². The van der Waals surface area contributed by atoms with Crippen LogP contribution in [0, 0.1) is 11.3 Å². The molecule has 0 aliphatic rings. The highest BCUT2D eigenvalue weighted by Crippen LogP contribution is 1.76. The summed E-state index contributed by atoms with van der Waals surface area (Å²) in [6, 6.07) is 1.62. The molecule has 7 heavy (non-hydrogen) atoms. The van der Waals surface area contributed by atoms with Crippen molar-refractivity contribution in [3.8, 4) is 6.07 Å². The minimum absolute atomic E-state index is 0.0810. The SMILES string of the molecule is CN/N=C(\Cl)C#N. The van der Waals surface area contributed by atoms with Crippen LogP contribution in [0.15, 0.2) is 5.10 Å². The molecule has 0 aromatic rings. The van der Waals surface area contributed by atoms with E-state index in [2.05, 4.69) is 10.5 Å². The maximum atomic E-state index is 7.91. The molecule has 0 aliphatic carbocycles. The molecule has 0 atom stereocenters. The maximum Gasteiger partial charge on any atom is 0.226 e. The molecule has 0 bridgehead atoms. The highest BCUT2D eigenvalue weighted by Gasteiger charge is 1.81. The van der Waals surface area contributed by atoms with Gasteiger partial charge in [-0.15, -0.1) is 0 Å². The lowest BCUT2D eigenvalue weighted by Crippen LogP contribution is -1.96. The predicted molar refractivity (Wildman–Crippen MR) is 28.0 cm³/mol. The lowest BCUT2D eigenvalue weighted by molar-refractivity contribution is 0.907. The van der Waals surface area contributed by atoms with Gasteiger partial charge >= 0.3 is 0 Å². The number of hydrazone groups is 1. The molecular formula is C3H4ClN3. The van der Waals surface area contributed by atoms with Crippen LogP contribution in [0.25, 0.3) is 0 Å². The van der Waals surface area contributed by atoms with Crippen LogP contribution in [0.5, 0.6) is 0 Å². The Morgan fingerprint density at radius 3 is 2.71 bits per heavy atom. The van der Waals surface area contributed by atoms with E-state index in [0.29, 0.717) is 0 Å². The number of nitrogens with one attached hydrogen (secondary N) is 1. The molecule has 38 valence electrons. The summed E-state index contributed by atoms with van der Waals surface area (Å²) in [5, 5.41) is 11.1. The van der Waals surface area contributed by atoms with Gasteiger partial charge in [0.2, 0.25) is 5.17 Å². The molecule has 0 spiro atoms. The van der Waals surface area contributed by atoms with Gasteiger partial charge < -0.3 is 5.43 Å². The molecule has 0 heterocycles. The predicted octanol–water partition coefficient (Wildman–Crippen LogP) is 0.282. The second-order valence-corrected chi connectivity index (χ2v) is 1.10. The summed E-state index contributed by atoms with van der Waals surface area (Å²) in [6.45, 7) is 0. The van der Waals surface area contributed by atoms with E-state index < -0.39 is 0 Å². The van der Waals surface area contributed by atoms with Gasteiger partial charge in [-0.3, -0.25) is 0 Å². The number of rotatable bonds is 1. The molecule has 0 fully saturated rings. The molecule has 1 N–H and O–H groups in total. The second kappa shape index (κ2) is 3.44. The van der Waals surface area contributed by atoms with Gasteiger partial charge in [0, 0.05) is 7.05 Å². The van der Waals surface area contributed by atoms with Crippen molar-refractivity contribution in [2.24, 2.45) is 5.10 Å². The summed E-state index contributed by atoms with van der Waals surface area (Å²) in [7, 11) is 1.57. The second-order valence-electron chi connectivity index (χ2n) is 0.738. The van der Waals surface area contributed by atoms with Crippen molar-refractivity contribution in [3.05, 3.63) is 0 Å². The quantitative estimate of drug-likeness (QED) is 0.396. The topological polar surface area (TPSA) is 48.2 Å². The van der Waals surface area contributed by atoms with Gasteiger partial charge in [0.1, 0.15) is 6.07 Å². The first-order chi connectivity index (χ1) is 3.31. The fraction of sp³-hybridized carbons (Fsp3) is 0.333. The molecule has 0 saturated carbocycles. The van der Waals surface area contributed by atoms with Crippen LogP contribution in [0.4, 0.5) is 0 Å². The molecular weight excluding hydrogens is 114 g/mol. The van der Waals surface area contributed by atoms with E-state index in [1.807, 2.05) is 0 Å². The third-order valence-electron chi connectivity index (χ3n) is 0.302. The van der Waals surface area contributed by atoms with Gasteiger partial charge in [0.15, 0.2) is 0 Å². The Hall–Kier alpha value is -0.750. The first-order valence-corrected chi connectivity index (χ1v) is 1.99. The van der Waals surface area contributed by atoms with Crippen LogP contribution in [-0.4, -0.2) is 12.2 Å². The summed E-state index contributed by atoms with van der Waals surface area (Å²) in [4.78, 5) is 0. The van der Waals surface area contributed by atoms with Crippen molar-refractivity contribution in [1.82, 2.24) is 5.43 Å². The Balaban J connectivity index is 3.57. The van der Waals surface area contributed by atoms with Gasteiger partial charge in [0.05, 0.1) is 0 Å². The molecule has 0 aromatic heterocycles. The fourth-order valence-corrected chi connectivity index (χ4v) is 0.208. The molecule has 4 heteroatoms. The Kier molecular flexibility index (Phi) is 3.07. The van der Waals surface area contributed by atoms with Gasteiger partial charge in [-0.1, -0.05) is 0 Å². The van der Waals surface area contributed by atoms with Crippen molar-refractivity contribution in [2.45, 2.75) is 0 Å². The highest BCUT2D eigenvalue weighted by atomic mass is 35.5. The summed E-state index contributed by atoms with van der Waals surface area (Å²) in [5.74, 6) is 0. The third-order valence-corrected chi connectivity index (χ3v) is 0.471. The molecule has 0 aliphatic heterocycles. The van der Waals surface area contributed by atoms with Crippen LogP contribution in [0.1, 0.15) is 0 Å². The monoisotopic (exact) mass is 117 g/mol.